The van der Waals surface area contributed by atoms with Crippen molar-refractivity contribution in [1.29, 1.82) is 0 Å². The van der Waals surface area contributed by atoms with E-state index in [0.717, 1.165) is 5.56 Å². The molecule has 0 bridgehead atoms. The quantitative estimate of drug-likeness (QED) is 0.573. The molecule has 0 N–H and O–H groups in total. The van der Waals surface area contributed by atoms with Crippen LogP contribution >= 0.6 is 15.9 Å². The summed E-state index contributed by atoms with van der Waals surface area (Å²) in [5.41, 5.74) is 2.09. The van der Waals surface area contributed by atoms with Crippen molar-refractivity contribution in [2.75, 3.05) is 5.33 Å². The van der Waals surface area contributed by atoms with Crippen molar-refractivity contribution in [1.82, 2.24) is 9.78 Å². The van der Waals surface area contributed by atoms with Gasteiger partial charge in [0.25, 0.3) is 0 Å². The fourth-order valence-corrected chi connectivity index (χ4v) is 2.79. The van der Waals surface area contributed by atoms with E-state index in [2.05, 4.69) is 21.0 Å². The third-order valence-corrected chi connectivity index (χ3v) is 3.98. The van der Waals surface area contributed by atoms with Crippen molar-refractivity contribution >= 4 is 27.8 Å². The summed E-state index contributed by atoms with van der Waals surface area (Å²) in [5.74, 6) is 0.521. The maximum absolute atomic E-state index is 12.4. The first-order chi connectivity index (χ1) is 11.3. The van der Waals surface area contributed by atoms with Crippen molar-refractivity contribution in [3.05, 3.63) is 35.5 Å². The summed E-state index contributed by atoms with van der Waals surface area (Å²) in [5, 5.41) is 4.39. The number of ether oxygens (including phenoxy) is 2. The summed E-state index contributed by atoms with van der Waals surface area (Å²) in [7, 11) is 0. The molecular weight excluding hydrogens is 376 g/mol. The number of fused-ring (bicyclic) bond motifs is 3. The molecule has 7 heteroatoms. The molecule has 1 aromatic heterocycles. The maximum Gasteiger partial charge on any atom is 0.435 e. The number of carbonyl (C=O) groups is 2. The third kappa shape index (κ3) is 3.08. The van der Waals surface area contributed by atoms with E-state index in [1.807, 2.05) is 0 Å². The molecule has 3 rings (SSSR count). The normalized spacial score (nSPS) is 12.8. The molecule has 126 valence electrons. The van der Waals surface area contributed by atoms with Crippen LogP contribution in [0.5, 0.6) is 5.75 Å². The number of Topliss-reactive ketones (excluding diaryl/α,β-unsaturated/α-hetero) is 1. The summed E-state index contributed by atoms with van der Waals surface area (Å²) in [6.45, 7) is 5.69. The molecule has 2 aromatic rings. The number of halogens is 1. The van der Waals surface area contributed by atoms with Crippen LogP contribution in [0, 0.1) is 0 Å². The molecule has 0 unspecified atom stereocenters. The van der Waals surface area contributed by atoms with Crippen LogP contribution in [0.2, 0.25) is 0 Å². The number of nitrogens with zero attached hydrogens (tertiary/aromatic N) is 2. The molecule has 0 radical (unpaired) electrons. The van der Waals surface area contributed by atoms with E-state index in [1.54, 1.807) is 45.2 Å². The molecule has 0 fully saturated rings. The van der Waals surface area contributed by atoms with Gasteiger partial charge in [0.05, 0.1) is 17.2 Å². The van der Waals surface area contributed by atoms with Gasteiger partial charge in [-0.1, -0.05) is 22.0 Å². The number of aromatic nitrogens is 2. The van der Waals surface area contributed by atoms with Crippen molar-refractivity contribution in [2.45, 2.75) is 33.0 Å². The Morgan fingerprint density at radius 3 is 2.79 bits per heavy atom. The van der Waals surface area contributed by atoms with Crippen LogP contribution in [-0.4, -0.2) is 32.6 Å². The fourth-order valence-electron chi connectivity index (χ4n) is 2.46. The van der Waals surface area contributed by atoms with Gasteiger partial charge in [-0.05, 0) is 32.9 Å². The molecule has 1 aliphatic rings. The lowest BCUT2D eigenvalue weighted by Crippen LogP contribution is -2.28. The van der Waals surface area contributed by atoms with Crippen molar-refractivity contribution in [3.63, 3.8) is 0 Å². The first kappa shape index (κ1) is 16.7. The Bertz CT molecular complexity index is 820. The molecule has 1 aliphatic heterocycles. The molecule has 0 spiro atoms. The summed E-state index contributed by atoms with van der Waals surface area (Å²) >= 11 is 3.16. The van der Waals surface area contributed by atoms with E-state index in [0.29, 0.717) is 22.6 Å². The van der Waals surface area contributed by atoms with Gasteiger partial charge in [-0.3, -0.25) is 4.79 Å². The van der Waals surface area contributed by atoms with Crippen LogP contribution in [0.15, 0.2) is 24.4 Å². The molecule has 0 atom stereocenters. The monoisotopic (exact) mass is 392 g/mol. The van der Waals surface area contributed by atoms with E-state index in [4.69, 9.17) is 9.47 Å². The number of hydrogen-bond donors (Lipinski definition) is 0. The molecule has 0 aliphatic carbocycles. The zero-order valence-electron chi connectivity index (χ0n) is 13.6. The van der Waals surface area contributed by atoms with E-state index in [1.165, 1.54) is 4.68 Å². The Labute approximate surface area is 147 Å². The van der Waals surface area contributed by atoms with Crippen LogP contribution in [-0.2, 0) is 11.3 Å². The minimum atomic E-state index is -0.615. The second-order valence-corrected chi connectivity index (χ2v) is 7.03. The number of carbonyl (C=O) groups excluding carboxylic acids is 2. The zero-order chi connectivity index (χ0) is 17.5. The molecular formula is C17H17BrN2O4. The average Bonchev–Trinajstić information content (AvgIpc) is 2.96. The minimum Gasteiger partial charge on any atom is -0.488 e. The second-order valence-electron chi connectivity index (χ2n) is 6.47. The van der Waals surface area contributed by atoms with Gasteiger partial charge in [0.2, 0.25) is 0 Å². The topological polar surface area (TPSA) is 70.4 Å². The number of rotatable bonds is 2. The maximum atomic E-state index is 12.4. The molecule has 2 heterocycles. The van der Waals surface area contributed by atoms with Crippen LogP contribution < -0.4 is 4.74 Å². The van der Waals surface area contributed by atoms with Gasteiger partial charge in [-0.2, -0.15) is 9.78 Å². The molecule has 0 saturated heterocycles. The van der Waals surface area contributed by atoms with E-state index in [-0.39, 0.29) is 17.7 Å². The van der Waals surface area contributed by atoms with Crippen molar-refractivity contribution < 1.29 is 19.1 Å². The smallest absolute Gasteiger partial charge is 0.435 e. The largest absolute Gasteiger partial charge is 0.488 e. The SMILES string of the molecule is CC(C)(C)OC(=O)n1ncc2c1-c1ccc(C(=O)CBr)cc1OC2. The van der Waals surface area contributed by atoms with Crippen molar-refractivity contribution in [3.8, 4) is 17.0 Å². The highest BCUT2D eigenvalue weighted by atomic mass is 79.9. The highest BCUT2D eigenvalue weighted by Gasteiger charge is 2.28. The standard InChI is InChI=1S/C17H17BrN2O4/c1-17(2,3)24-16(22)20-15-11(8-19-20)9-23-14-6-10(13(21)7-18)4-5-12(14)15/h4-6,8H,7,9H2,1-3H3. The molecule has 6 nitrogen and oxygen atoms in total. The average molecular weight is 393 g/mol. The van der Waals surface area contributed by atoms with E-state index < -0.39 is 11.7 Å². The molecule has 0 saturated carbocycles. The van der Waals surface area contributed by atoms with E-state index in [9.17, 15) is 9.59 Å². The van der Waals surface area contributed by atoms with Gasteiger partial charge >= 0.3 is 6.09 Å². The lowest BCUT2D eigenvalue weighted by Gasteiger charge is -2.22. The summed E-state index contributed by atoms with van der Waals surface area (Å²) in [4.78, 5) is 24.2. The lowest BCUT2D eigenvalue weighted by molar-refractivity contribution is 0.0517. The fraction of sp³-hybridized carbons (Fsp3) is 0.353. The Morgan fingerprint density at radius 1 is 1.38 bits per heavy atom. The lowest BCUT2D eigenvalue weighted by atomic mass is 10.0. The predicted molar refractivity (Wildman–Crippen MR) is 91.8 cm³/mol. The Morgan fingerprint density at radius 2 is 2.12 bits per heavy atom. The van der Waals surface area contributed by atoms with Gasteiger partial charge in [0.15, 0.2) is 5.78 Å². The summed E-state index contributed by atoms with van der Waals surface area (Å²) in [6.07, 6.45) is 1.05. The first-order valence-corrected chi connectivity index (χ1v) is 8.59. The number of hydrogen-bond acceptors (Lipinski definition) is 5. The minimum absolute atomic E-state index is 0.0344. The summed E-state index contributed by atoms with van der Waals surface area (Å²) in [6, 6.07) is 5.17. The van der Waals surface area contributed by atoms with Crippen LogP contribution in [0.4, 0.5) is 4.79 Å². The molecule has 0 amide bonds. The van der Waals surface area contributed by atoms with Crippen LogP contribution in [0.25, 0.3) is 11.3 Å². The van der Waals surface area contributed by atoms with Crippen molar-refractivity contribution in [2.24, 2.45) is 0 Å². The Hall–Kier alpha value is -2.15. The number of alkyl halides is 1. The van der Waals surface area contributed by atoms with Gasteiger partial charge < -0.3 is 9.47 Å². The molecule has 24 heavy (non-hydrogen) atoms. The third-order valence-electron chi connectivity index (χ3n) is 3.47. The van der Waals surface area contributed by atoms with Gasteiger partial charge in [0.1, 0.15) is 18.0 Å². The Kier molecular flexibility index (Phi) is 4.21. The van der Waals surface area contributed by atoms with Gasteiger partial charge in [0, 0.05) is 16.7 Å². The number of benzene rings is 1. The van der Waals surface area contributed by atoms with Crippen LogP contribution in [0.3, 0.4) is 0 Å². The second kappa shape index (κ2) is 6.05. The Balaban J connectivity index is 2.03. The van der Waals surface area contributed by atoms with Gasteiger partial charge in [-0.25, -0.2) is 4.79 Å². The number of ketones is 1. The highest BCUT2D eigenvalue weighted by Crippen LogP contribution is 2.38. The first-order valence-electron chi connectivity index (χ1n) is 7.47. The predicted octanol–water partition coefficient (Wildman–Crippen LogP) is 3.80. The highest BCUT2D eigenvalue weighted by molar-refractivity contribution is 9.09. The summed E-state index contributed by atoms with van der Waals surface area (Å²) < 4.78 is 12.4. The zero-order valence-corrected chi connectivity index (χ0v) is 15.2. The van der Waals surface area contributed by atoms with Crippen LogP contribution in [0.1, 0.15) is 36.7 Å². The van der Waals surface area contributed by atoms with E-state index >= 15 is 0 Å². The van der Waals surface area contributed by atoms with Gasteiger partial charge in [-0.15, -0.1) is 0 Å². The molecule has 1 aromatic carbocycles.